The molecule has 1 unspecified atom stereocenters. The highest BCUT2D eigenvalue weighted by atomic mass is 32.2. The van der Waals surface area contributed by atoms with Crippen LogP contribution >= 0.6 is 0 Å². The fourth-order valence-electron chi connectivity index (χ4n) is 3.79. The molecule has 0 amide bonds. The highest BCUT2D eigenvalue weighted by molar-refractivity contribution is 7.90. The lowest BCUT2D eigenvalue weighted by Crippen LogP contribution is -2.31. The van der Waals surface area contributed by atoms with E-state index < -0.39 is 21.7 Å². The Labute approximate surface area is 192 Å². The molecule has 0 saturated heterocycles. The van der Waals surface area contributed by atoms with Gasteiger partial charge in [-0.25, -0.2) is 8.42 Å². The van der Waals surface area contributed by atoms with E-state index in [2.05, 4.69) is 37.9 Å². The van der Waals surface area contributed by atoms with Gasteiger partial charge in [-0.05, 0) is 60.2 Å². The van der Waals surface area contributed by atoms with Crippen LogP contribution in [0.15, 0.2) is 47.4 Å². The minimum atomic E-state index is -3.27. The predicted octanol–water partition coefficient (Wildman–Crippen LogP) is 5.53. The number of hydrogen-bond donors (Lipinski definition) is 2. The Kier molecular flexibility index (Phi) is 8.73. The van der Waals surface area contributed by atoms with Crippen LogP contribution in [0.2, 0.25) is 0 Å². The van der Waals surface area contributed by atoms with E-state index in [0.29, 0.717) is 18.3 Å². The molecule has 0 spiro atoms. The van der Waals surface area contributed by atoms with Crippen LogP contribution < -0.4 is 10.2 Å². The SMILES string of the molecule is CCC(C(=O)O)c1ccc(N(CC(C)C)CC(C)C)c(Nc2ccc(S(C)(=O)=O)cc2)c1. The molecule has 2 rings (SSSR count). The maximum absolute atomic E-state index is 11.8. The molecule has 6 nitrogen and oxygen atoms in total. The second kappa shape index (κ2) is 10.9. The number of anilines is 3. The summed E-state index contributed by atoms with van der Waals surface area (Å²) in [7, 11) is -3.27. The number of hydrogen-bond acceptors (Lipinski definition) is 5. The van der Waals surface area contributed by atoms with E-state index in [-0.39, 0.29) is 4.90 Å². The van der Waals surface area contributed by atoms with Crippen molar-refractivity contribution in [1.82, 2.24) is 0 Å². The summed E-state index contributed by atoms with van der Waals surface area (Å²) in [5.41, 5.74) is 3.31. The van der Waals surface area contributed by atoms with Crippen molar-refractivity contribution in [3.05, 3.63) is 48.0 Å². The summed E-state index contributed by atoms with van der Waals surface area (Å²) < 4.78 is 23.6. The number of sulfone groups is 1. The summed E-state index contributed by atoms with van der Waals surface area (Å²) in [5, 5.41) is 13.0. The van der Waals surface area contributed by atoms with Crippen molar-refractivity contribution < 1.29 is 18.3 Å². The topological polar surface area (TPSA) is 86.7 Å². The Hall–Kier alpha value is -2.54. The molecular weight excluding hydrogens is 424 g/mol. The molecule has 2 aromatic carbocycles. The monoisotopic (exact) mass is 460 g/mol. The summed E-state index contributed by atoms with van der Waals surface area (Å²) in [5.74, 6) is -0.513. The molecule has 7 heteroatoms. The standard InChI is InChI=1S/C25H36N2O4S/c1-7-22(25(28)29)19-8-13-24(27(15-17(2)3)16-18(4)5)23(14-19)26-20-9-11-21(12-10-20)32(6,30)31/h8-14,17-18,22,26H,7,15-16H2,1-6H3,(H,28,29). The maximum atomic E-state index is 11.8. The lowest BCUT2D eigenvalue weighted by molar-refractivity contribution is -0.138. The lowest BCUT2D eigenvalue weighted by atomic mass is 9.95. The number of nitrogens with zero attached hydrogens (tertiary/aromatic N) is 1. The predicted molar refractivity (Wildman–Crippen MR) is 132 cm³/mol. The number of carbonyl (C=O) groups is 1. The van der Waals surface area contributed by atoms with Crippen molar-refractivity contribution >= 4 is 32.9 Å². The van der Waals surface area contributed by atoms with E-state index in [4.69, 9.17) is 0 Å². The molecule has 0 aliphatic carbocycles. The van der Waals surface area contributed by atoms with Crippen molar-refractivity contribution in [2.45, 2.75) is 51.9 Å². The first-order valence-electron chi connectivity index (χ1n) is 11.1. The van der Waals surface area contributed by atoms with E-state index in [1.165, 1.54) is 6.26 Å². The van der Waals surface area contributed by atoms with E-state index in [1.807, 2.05) is 25.1 Å². The average Bonchev–Trinajstić information content (AvgIpc) is 2.67. The van der Waals surface area contributed by atoms with Crippen molar-refractivity contribution in [2.24, 2.45) is 11.8 Å². The molecule has 0 radical (unpaired) electrons. The molecule has 0 fully saturated rings. The summed E-state index contributed by atoms with van der Waals surface area (Å²) in [6.07, 6.45) is 1.68. The molecule has 0 saturated carbocycles. The number of benzene rings is 2. The van der Waals surface area contributed by atoms with Crippen LogP contribution in [0.1, 0.15) is 52.5 Å². The largest absolute Gasteiger partial charge is 0.481 e. The van der Waals surface area contributed by atoms with Gasteiger partial charge in [0.25, 0.3) is 0 Å². The third-order valence-corrected chi connectivity index (χ3v) is 6.33. The Morgan fingerprint density at radius 1 is 1.00 bits per heavy atom. The number of aliphatic carboxylic acids is 1. The van der Waals surface area contributed by atoms with Gasteiger partial charge < -0.3 is 15.3 Å². The lowest BCUT2D eigenvalue weighted by Gasteiger charge is -2.31. The Morgan fingerprint density at radius 2 is 1.56 bits per heavy atom. The van der Waals surface area contributed by atoms with Gasteiger partial charge in [0.15, 0.2) is 9.84 Å². The van der Waals surface area contributed by atoms with Gasteiger partial charge in [-0.3, -0.25) is 4.79 Å². The van der Waals surface area contributed by atoms with E-state index in [1.54, 1.807) is 24.3 Å². The molecule has 32 heavy (non-hydrogen) atoms. The summed E-state index contributed by atoms with van der Waals surface area (Å²) in [6, 6.07) is 12.4. The van der Waals surface area contributed by atoms with Crippen LogP contribution in [0.4, 0.5) is 17.1 Å². The van der Waals surface area contributed by atoms with Gasteiger partial charge in [-0.15, -0.1) is 0 Å². The smallest absolute Gasteiger partial charge is 0.310 e. The first-order valence-corrected chi connectivity index (χ1v) is 13.0. The Morgan fingerprint density at radius 3 is 2.00 bits per heavy atom. The van der Waals surface area contributed by atoms with Crippen molar-refractivity contribution in [3.8, 4) is 0 Å². The molecule has 2 N–H and O–H groups in total. The minimum Gasteiger partial charge on any atom is -0.481 e. The van der Waals surface area contributed by atoms with Gasteiger partial charge in [0.05, 0.1) is 22.2 Å². The minimum absolute atomic E-state index is 0.259. The zero-order valence-corrected chi connectivity index (χ0v) is 20.7. The average molecular weight is 461 g/mol. The van der Waals surface area contributed by atoms with Crippen LogP contribution in [0.25, 0.3) is 0 Å². The zero-order valence-electron chi connectivity index (χ0n) is 19.9. The van der Waals surface area contributed by atoms with E-state index in [9.17, 15) is 18.3 Å². The highest BCUT2D eigenvalue weighted by Crippen LogP contribution is 2.34. The Balaban J connectivity index is 2.54. The van der Waals surface area contributed by atoms with Crippen molar-refractivity contribution in [3.63, 3.8) is 0 Å². The highest BCUT2D eigenvalue weighted by Gasteiger charge is 2.21. The van der Waals surface area contributed by atoms with Crippen LogP contribution in [-0.4, -0.2) is 38.8 Å². The van der Waals surface area contributed by atoms with Gasteiger partial charge in [-0.2, -0.15) is 0 Å². The van der Waals surface area contributed by atoms with Crippen molar-refractivity contribution in [1.29, 1.82) is 0 Å². The summed E-state index contributed by atoms with van der Waals surface area (Å²) >= 11 is 0. The zero-order chi connectivity index (χ0) is 24.1. The molecular formula is C25H36N2O4S. The normalized spacial score (nSPS) is 12.8. The Bertz CT molecular complexity index is 1000. The first kappa shape index (κ1) is 25.7. The van der Waals surface area contributed by atoms with Gasteiger partial charge >= 0.3 is 5.97 Å². The number of rotatable bonds is 11. The second-order valence-electron chi connectivity index (χ2n) is 9.19. The van der Waals surface area contributed by atoms with Gasteiger partial charge in [-0.1, -0.05) is 40.7 Å². The van der Waals surface area contributed by atoms with Crippen LogP contribution in [0.3, 0.4) is 0 Å². The van der Waals surface area contributed by atoms with Crippen LogP contribution in [0, 0.1) is 11.8 Å². The molecule has 0 aromatic heterocycles. The third-order valence-electron chi connectivity index (χ3n) is 5.20. The van der Waals surface area contributed by atoms with Gasteiger partial charge in [0.2, 0.25) is 0 Å². The molecule has 0 heterocycles. The second-order valence-corrected chi connectivity index (χ2v) is 11.2. The van der Waals surface area contributed by atoms with E-state index in [0.717, 1.165) is 35.7 Å². The molecule has 176 valence electrons. The first-order chi connectivity index (χ1) is 14.9. The molecule has 0 bridgehead atoms. The van der Waals surface area contributed by atoms with Crippen molar-refractivity contribution in [2.75, 3.05) is 29.6 Å². The molecule has 2 aromatic rings. The number of carboxylic acid groups (broad SMARTS) is 1. The van der Waals surface area contributed by atoms with E-state index >= 15 is 0 Å². The van der Waals surface area contributed by atoms with Crippen LogP contribution in [0.5, 0.6) is 0 Å². The fraction of sp³-hybridized carbons (Fsp3) is 0.480. The third kappa shape index (κ3) is 6.99. The molecule has 0 aliphatic heterocycles. The number of nitrogens with one attached hydrogen (secondary N) is 1. The van der Waals surface area contributed by atoms with Gasteiger partial charge in [0.1, 0.15) is 0 Å². The quantitative estimate of drug-likeness (QED) is 0.458. The summed E-state index contributed by atoms with van der Waals surface area (Å²) in [4.78, 5) is 14.3. The van der Waals surface area contributed by atoms with Gasteiger partial charge in [0, 0.05) is 25.0 Å². The number of carboxylic acids is 1. The molecule has 1 atom stereocenters. The summed E-state index contributed by atoms with van der Waals surface area (Å²) in [6.45, 7) is 12.3. The fourth-order valence-corrected chi connectivity index (χ4v) is 4.42. The van der Waals surface area contributed by atoms with Crippen LogP contribution in [-0.2, 0) is 14.6 Å². The molecule has 0 aliphatic rings. The maximum Gasteiger partial charge on any atom is 0.310 e.